The molecule has 2 aromatic carbocycles. The molecular weight excluding hydrogens is 267 g/mol. The van der Waals surface area contributed by atoms with Crippen molar-refractivity contribution in [2.24, 2.45) is 0 Å². The summed E-state index contributed by atoms with van der Waals surface area (Å²) in [7, 11) is 0. The molecule has 0 saturated heterocycles. The molecule has 0 fully saturated rings. The van der Waals surface area contributed by atoms with Crippen molar-refractivity contribution in [1.29, 1.82) is 0 Å². The Morgan fingerprint density at radius 3 is 2.84 bits per heavy atom. The number of hydrogen-bond donors (Lipinski definition) is 1. The molecule has 0 aromatic heterocycles. The molecule has 0 aliphatic carbocycles. The second-order valence-electron chi connectivity index (χ2n) is 4.28. The molecular formula is C14H10ClFN2O. The van der Waals surface area contributed by atoms with Crippen LogP contribution in [0.4, 0.5) is 21.5 Å². The first-order valence-electron chi connectivity index (χ1n) is 5.76. The third-order valence-corrected chi connectivity index (χ3v) is 3.18. The lowest BCUT2D eigenvalue weighted by atomic mass is 10.1. The molecule has 0 unspecified atom stereocenters. The maximum Gasteiger partial charge on any atom is 0.244 e. The van der Waals surface area contributed by atoms with E-state index in [0.29, 0.717) is 10.7 Å². The van der Waals surface area contributed by atoms with Crippen molar-refractivity contribution in [3.05, 3.63) is 53.3 Å². The van der Waals surface area contributed by atoms with Crippen LogP contribution in [-0.4, -0.2) is 12.5 Å². The number of anilines is 3. The summed E-state index contributed by atoms with van der Waals surface area (Å²) in [5, 5.41) is 3.25. The van der Waals surface area contributed by atoms with Gasteiger partial charge in [0.15, 0.2) is 0 Å². The minimum atomic E-state index is -0.382. The van der Waals surface area contributed by atoms with E-state index in [4.69, 9.17) is 11.6 Å². The maximum absolute atomic E-state index is 13.2. The highest BCUT2D eigenvalue weighted by atomic mass is 35.5. The zero-order chi connectivity index (χ0) is 13.4. The van der Waals surface area contributed by atoms with E-state index in [-0.39, 0.29) is 18.3 Å². The van der Waals surface area contributed by atoms with Crippen molar-refractivity contribution in [3.8, 4) is 0 Å². The van der Waals surface area contributed by atoms with Crippen molar-refractivity contribution < 1.29 is 9.18 Å². The third kappa shape index (κ3) is 2.27. The number of amides is 1. The summed E-state index contributed by atoms with van der Waals surface area (Å²) in [6.45, 7) is 0.180. The Kier molecular flexibility index (Phi) is 2.87. The van der Waals surface area contributed by atoms with Crippen molar-refractivity contribution in [2.45, 2.75) is 0 Å². The first kappa shape index (κ1) is 12.0. The van der Waals surface area contributed by atoms with E-state index in [0.717, 1.165) is 11.4 Å². The van der Waals surface area contributed by atoms with E-state index in [9.17, 15) is 9.18 Å². The maximum atomic E-state index is 13.2. The fourth-order valence-corrected chi connectivity index (χ4v) is 2.32. The number of halogens is 2. The van der Waals surface area contributed by atoms with E-state index in [1.165, 1.54) is 12.1 Å². The zero-order valence-electron chi connectivity index (χ0n) is 9.86. The van der Waals surface area contributed by atoms with E-state index in [1.807, 2.05) is 12.1 Å². The van der Waals surface area contributed by atoms with Gasteiger partial charge >= 0.3 is 0 Å². The van der Waals surface area contributed by atoms with Crippen molar-refractivity contribution in [3.63, 3.8) is 0 Å². The largest absolute Gasteiger partial charge is 0.330 e. The molecule has 0 atom stereocenters. The molecule has 96 valence electrons. The van der Waals surface area contributed by atoms with Crippen LogP contribution >= 0.6 is 11.6 Å². The molecule has 0 bridgehead atoms. The lowest BCUT2D eigenvalue weighted by molar-refractivity contribution is -0.115. The first-order chi connectivity index (χ1) is 9.13. The monoisotopic (exact) mass is 276 g/mol. The van der Waals surface area contributed by atoms with Gasteiger partial charge in [-0.05, 0) is 36.4 Å². The molecule has 19 heavy (non-hydrogen) atoms. The fourth-order valence-electron chi connectivity index (χ4n) is 2.14. The molecule has 0 saturated carbocycles. The number of carbonyl (C=O) groups is 1. The number of nitrogens with zero attached hydrogens (tertiary/aromatic N) is 1. The molecule has 0 radical (unpaired) electrons. The van der Waals surface area contributed by atoms with Crippen LogP contribution in [0.1, 0.15) is 0 Å². The van der Waals surface area contributed by atoms with Gasteiger partial charge in [-0.15, -0.1) is 0 Å². The molecule has 5 heteroatoms. The summed E-state index contributed by atoms with van der Waals surface area (Å²) in [5.74, 6) is -0.565. The average molecular weight is 277 g/mol. The van der Waals surface area contributed by atoms with Crippen LogP contribution in [0.2, 0.25) is 5.02 Å². The van der Waals surface area contributed by atoms with Gasteiger partial charge in [0, 0.05) is 10.7 Å². The Hall–Kier alpha value is -2.07. The molecule has 2 aromatic rings. The highest BCUT2D eigenvalue weighted by Gasteiger charge is 2.23. The lowest BCUT2D eigenvalue weighted by Crippen LogP contribution is -2.35. The standard InChI is InChI=1S/C14H10ClFN2O/c15-9-2-1-3-11(6-9)18-8-14(19)17-12-7-10(16)4-5-13(12)18/h1-7H,8H2,(H,17,19). The van der Waals surface area contributed by atoms with Gasteiger partial charge in [-0.2, -0.15) is 0 Å². The molecule has 1 aliphatic rings. The Morgan fingerprint density at radius 1 is 1.21 bits per heavy atom. The highest BCUT2D eigenvalue weighted by Crippen LogP contribution is 2.36. The second kappa shape index (κ2) is 4.55. The lowest BCUT2D eigenvalue weighted by Gasteiger charge is -2.31. The quantitative estimate of drug-likeness (QED) is 0.864. The molecule has 1 aliphatic heterocycles. The Morgan fingerprint density at radius 2 is 2.05 bits per heavy atom. The minimum Gasteiger partial charge on any atom is -0.330 e. The topological polar surface area (TPSA) is 32.3 Å². The van der Waals surface area contributed by atoms with Gasteiger partial charge in [0.1, 0.15) is 12.4 Å². The highest BCUT2D eigenvalue weighted by molar-refractivity contribution is 6.30. The number of hydrogen-bond acceptors (Lipinski definition) is 2. The van der Waals surface area contributed by atoms with Crippen LogP contribution in [0, 0.1) is 5.82 Å². The summed E-state index contributed by atoms with van der Waals surface area (Å²) in [6, 6.07) is 11.5. The molecule has 3 rings (SSSR count). The van der Waals surface area contributed by atoms with Crippen LogP contribution in [-0.2, 0) is 4.79 Å². The predicted octanol–water partition coefficient (Wildman–Crippen LogP) is 3.57. The molecule has 3 nitrogen and oxygen atoms in total. The average Bonchev–Trinajstić information content (AvgIpc) is 2.37. The Balaban J connectivity index is 2.11. The molecule has 1 heterocycles. The van der Waals surface area contributed by atoms with Crippen LogP contribution in [0.25, 0.3) is 0 Å². The predicted molar refractivity (Wildman–Crippen MR) is 73.5 cm³/mol. The van der Waals surface area contributed by atoms with E-state index >= 15 is 0 Å². The SMILES string of the molecule is O=C1CN(c2cccc(Cl)c2)c2ccc(F)cc2N1. The second-order valence-corrected chi connectivity index (χ2v) is 4.71. The van der Waals surface area contributed by atoms with Gasteiger partial charge in [-0.25, -0.2) is 4.39 Å². The van der Waals surface area contributed by atoms with Crippen molar-refractivity contribution in [1.82, 2.24) is 0 Å². The Labute approximate surface area is 114 Å². The smallest absolute Gasteiger partial charge is 0.244 e. The number of fused-ring (bicyclic) bond motifs is 1. The van der Waals surface area contributed by atoms with E-state index < -0.39 is 0 Å². The number of carbonyl (C=O) groups excluding carboxylic acids is 1. The summed E-state index contributed by atoms with van der Waals surface area (Å²) >= 11 is 5.97. The molecule has 1 N–H and O–H groups in total. The summed E-state index contributed by atoms with van der Waals surface area (Å²) in [6.07, 6.45) is 0. The normalized spacial score (nSPS) is 14.0. The van der Waals surface area contributed by atoms with E-state index in [1.54, 1.807) is 23.1 Å². The summed E-state index contributed by atoms with van der Waals surface area (Å²) in [5.41, 5.74) is 2.02. The van der Waals surface area contributed by atoms with Gasteiger partial charge in [0.05, 0.1) is 11.4 Å². The zero-order valence-corrected chi connectivity index (χ0v) is 10.6. The van der Waals surface area contributed by atoms with Crippen LogP contribution < -0.4 is 10.2 Å². The van der Waals surface area contributed by atoms with Gasteiger partial charge < -0.3 is 10.2 Å². The minimum absolute atomic E-state index is 0.180. The van der Waals surface area contributed by atoms with Crippen LogP contribution in [0.5, 0.6) is 0 Å². The fraction of sp³-hybridized carbons (Fsp3) is 0.0714. The van der Waals surface area contributed by atoms with Crippen molar-refractivity contribution >= 4 is 34.6 Å². The first-order valence-corrected chi connectivity index (χ1v) is 6.14. The van der Waals surface area contributed by atoms with Gasteiger partial charge in [-0.1, -0.05) is 17.7 Å². The van der Waals surface area contributed by atoms with E-state index in [2.05, 4.69) is 5.32 Å². The van der Waals surface area contributed by atoms with Crippen molar-refractivity contribution in [2.75, 3.05) is 16.8 Å². The number of benzene rings is 2. The van der Waals surface area contributed by atoms with Crippen LogP contribution in [0.3, 0.4) is 0 Å². The number of nitrogens with one attached hydrogen (secondary N) is 1. The molecule has 0 spiro atoms. The summed E-state index contributed by atoms with van der Waals surface area (Å²) in [4.78, 5) is 13.5. The van der Waals surface area contributed by atoms with Gasteiger partial charge in [0.25, 0.3) is 0 Å². The van der Waals surface area contributed by atoms with Gasteiger partial charge in [0.2, 0.25) is 5.91 Å². The van der Waals surface area contributed by atoms with Crippen LogP contribution in [0.15, 0.2) is 42.5 Å². The number of rotatable bonds is 1. The third-order valence-electron chi connectivity index (χ3n) is 2.95. The summed E-state index contributed by atoms with van der Waals surface area (Å²) < 4.78 is 13.2. The molecule has 1 amide bonds. The Bertz CT molecular complexity index is 660. The van der Waals surface area contributed by atoms with Gasteiger partial charge in [-0.3, -0.25) is 4.79 Å².